The van der Waals surface area contributed by atoms with Crippen LogP contribution in [-0.4, -0.2) is 49.9 Å². The maximum atomic E-state index is 10.9. The van der Waals surface area contributed by atoms with Crippen LogP contribution in [0.1, 0.15) is 66.5 Å². The average molecular weight is 493 g/mol. The van der Waals surface area contributed by atoms with Crippen LogP contribution in [0.4, 0.5) is 0 Å². The molecule has 0 fully saturated rings. The van der Waals surface area contributed by atoms with E-state index in [-0.39, 0.29) is 34.5 Å². The Morgan fingerprint density at radius 1 is 0.514 bits per heavy atom. The molecule has 2 N–H and O–H groups in total. The second-order valence-corrected chi connectivity index (χ2v) is 8.08. The summed E-state index contributed by atoms with van der Waals surface area (Å²) in [5.41, 5.74) is 0.632. The number of phenolic OH excluding ortho intramolecular Hbond substituents is 2. The van der Waals surface area contributed by atoms with E-state index in [2.05, 4.69) is 0 Å². The summed E-state index contributed by atoms with van der Waals surface area (Å²) in [6, 6.07) is 3.52. The van der Waals surface area contributed by atoms with E-state index in [1.165, 1.54) is 0 Å². The first kappa shape index (κ1) is 28.1. The van der Waals surface area contributed by atoms with Crippen LogP contribution >= 0.6 is 0 Å². The van der Waals surface area contributed by atoms with Gasteiger partial charge < -0.3 is 38.6 Å². The molecule has 8 heteroatoms. The summed E-state index contributed by atoms with van der Waals surface area (Å²) in [6.07, 6.45) is 0. The molecule has 0 bridgehead atoms. The molecule has 0 aliphatic carbocycles. The fraction of sp³-hybridized carbons (Fsp3) is 0.556. The molecule has 0 radical (unpaired) electrons. The minimum absolute atomic E-state index is 0.113. The van der Waals surface area contributed by atoms with Gasteiger partial charge in [0.05, 0.1) is 39.6 Å². The summed E-state index contributed by atoms with van der Waals surface area (Å²) >= 11 is 0. The Bertz CT molecular complexity index is 907. The molecule has 0 aromatic heterocycles. The normalized spacial score (nSPS) is 11.2. The van der Waals surface area contributed by atoms with Gasteiger partial charge >= 0.3 is 0 Å². The van der Waals surface area contributed by atoms with Crippen LogP contribution in [0.15, 0.2) is 12.1 Å². The van der Waals surface area contributed by atoms with E-state index in [4.69, 9.17) is 28.4 Å². The fourth-order valence-corrected chi connectivity index (χ4v) is 3.95. The molecule has 35 heavy (non-hydrogen) atoms. The van der Waals surface area contributed by atoms with Gasteiger partial charge in [-0.1, -0.05) is 13.8 Å². The predicted octanol–water partition coefficient (Wildman–Crippen LogP) is 5.82. The largest absolute Gasteiger partial charge is 0.502 e. The van der Waals surface area contributed by atoms with Crippen LogP contribution in [0.5, 0.6) is 46.0 Å². The standard InChI is InChI=1S/C27H40O8/c1-9-30-19-15-17(23(32-11-3)25(21(19)28)34-13-5)27(7,8)18-16-20(31-10-2)22(29)26(35-14-6)24(18)33-12-4/h15-16,28-29H,9-14H2,1-8H3. The first-order valence-corrected chi connectivity index (χ1v) is 12.3. The van der Waals surface area contributed by atoms with Crippen LogP contribution < -0.4 is 28.4 Å². The Morgan fingerprint density at radius 3 is 1.09 bits per heavy atom. The summed E-state index contributed by atoms with van der Waals surface area (Å²) in [7, 11) is 0. The maximum absolute atomic E-state index is 10.9. The van der Waals surface area contributed by atoms with Crippen molar-refractivity contribution in [3.63, 3.8) is 0 Å². The zero-order valence-electron chi connectivity index (χ0n) is 22.2. The van der Waals surface area contributed by atoms with E-state index < -0.39 is 5.41 Å². The van der Waals surface area contributed by atoms with Crippen molar-refractivity contribution in [2.45, 2.75) is 60.8 Å². The lowest BCUT2D eigenvalue weighted by Gasteiger charge is -2.32. The van der Waals surface area contributed by atoms with Gasteiger partial charge in [0.1, 0.15) is 0 Å². The first-order valence-electron chi connectivity index (χ1n) is 12.3. The van der Waals surface area contributed by atoms with E-state index >= 15 is 0 Å². The summed E-state index contributed by atoms with van der Waals surface area (Å²) in [5.74, 6) is 1.60. The lowest BCUT2D eigenvalue weighted by Crippen LogP contribution is -2.23. The van der Waals surface area contributed by atoms with Gasteiger partial charge in [-0.2, -0.15) is 0 Å². The number of benzene rings is 2. The quantitative estimate of drug-likeness (QED) is 0.341. The summed E-state index contributed by atoms with van der Waals surface area (Å²) < 4.78 is 35.2. The van der Waals surface area contributed by atoms with Crippen molar-refractivity contribution in [2.24, 2.45) is 0 Å². The van der Waals surface area contributed by atoms with Gasteiger partial charge in [-0.05, 0) is 53.7 Å². The molecule has 0 spiro atoms. The molecule has 0 saturated carbocycles. The molecular formula is C27H40O8. The van der Waals surface area contributed by atoms with Crippen molar-refractivity contribution in [3.8, 4) is 46.0 Å². The van der Waals surface area contributed by atoms with Crippen molar-refractivity contribution in [2.75, 3.05) is 39.6 Å². The molecule has 2 aromatic rings. The van der Waals surface area contributed by atoms with Gasteiger partial charge in [0.15, 0.2) is 23.0 Å². The van der Waals surface area contributed by atoms with Gasteiger partial charge in [-0.3, -0.25) is 0 Å². The van der Waals surface area contributed by atoms with Crippen LogP contribution in [0.25, 0.3) is 0 Å². The summed E-state index contributed by atoms with van der Waals surface area (Å²) in [4.78, 5) is 0. The predicted molar refractivity (Wildman–Crippen MR) is 135 cm³/mol. The Kier molecular flexibility index (Phi) is 10.0. The highest BCUT2D eigenvalue weighted by Gasteiger charge is 2.37. The third kappa shape index (κ3) is 5.74. The lowest BCUT2D eigenvalue weighted by atomic mass is 9.76. The molecule has 196 valence electrons. The summed E-state index contributed by atoms with van der Waals surface area (Å²) in [5, 5.41) is 21.8. The van der Waals surface area contributed by atoms with Crippen LogP contribution in [-0.2, 0) is 5.41 Å². The average Bonchev–Trinajstić information content (AvgIpc) is 2.82. The maximum Gasteiger partial charge on any atom is 0.207 e. The molecule has 2 aromatic carbocycles. The minimum Gasteiger partial charge on any atom is -0.502 e. The zero-order valence-corrected chi connectivity index (χ0v) is 22.2. The fourth-order valence-electron chi connectivity index (χ4n) is 3.95. The topological polar surface area (TPSA) is 95.8 Å². The van der Waals surface area contributed by atoms with Gasteiger partial charge in [0, 0.05) is 16.5 Å². The highest BCUT2D eigenvalue weighted by molar-refractivity contribution is 5.69. The van der Waals surface area contributed by atoms with E-state index in [9.17, 15) is 10.2 Å². The Labute approximate surface area is 208 Å². The van der Waals surface area contributed by atoms with Gasteiger partial charge in [0.25, 0.3) is 0 Å². The van der Waals surface area contributed by atoms with E-state index in [0.29, 0.717) is 62.3 Å². The molecule has 2 rings (SSSR count). The van der Waals surface area contributed by atoms with Crippen molar-refractivity contribution >= 4 is 0 Å². The highest BCUT2D eigenvalue weighted by atomic mass is 16.5. The Morgan fingerprint density at radius 2 is 0.800 bits per heavy atom. The molecule has 0 aliphatic heterocycles. The number of hydrogen-bond acceptors (Lipinski definition) is 8. The van der Waals surface area contributed by atoms with Crippen molar-refractivity contribution in [1.29, 1.82) is 0 Å². The third-order valence-electron chi connectivity index (χ3n) is 5.45. The number of rotatable bonds is 14. The van der Waals surface area contributed by atoms with E-state index in [1.807, 2.05) is 55.4 Å². The molecule has 0 heterocycles. The number of hydrogen-bond donors (Lipinski definition) is 2. The lowest BCUT2D eigenvalue weighted by molar-refractivity contribution is 0.253. The molecule has 0 amide bonds. The molecule has 8 nitrogen and oxygen atoms in total. The van der Waals surface area contributed by atoms with Gasteiger partial charge in [0.2, 0.25) is 23.0 Å². The molecule has 0 atom stereocenters. The Hall–Kier alpha value is -3.16. The van der Waals surface area contributed by atoms with Crippen molar-refractivity contribution < 1.29 is 38.6 Å². The molecule has 0 aliphatic rings. The van der Waals surface area contributed by atoms with E-state index in [0.717, 1.165) is 0 Å². The Balaban J connectivity index is 2.97. The van der Waals surface area contributed by atoms with Gasteiger partial charge in [-0.25, -0.2) is 0 Å². The monoisotopic (exact) mass is 492 g/mol. The third-order valence-corrected chi connectivity index (χ3v) is 5.45. The molecule has 0 saturated heterocycles. The number of ether oxygens (including phenoxy) is 6. The molecular weight excluding hydrogens is 452 g/mol. The second-order valence-electron chi connectivity index (χ2n) is 8.08. The second kappa shape index (κ2) is 12.5. The van der Waals surface area contributed by atoms with E-state index in [1.54, 1.807) is 12.1 Å². The highest BCUT2D eigenvalue weighted by Crippen LogP contribution is 2.55. The zero-order chi connectivity index (χ0) is 26.2. The van der Waals surface area contributed by atoms with Crippen LogP contribution in [0.3, 0.4) is 0 Å². The van der Waals surface area contributed by atoms with Crippen LogP contribution in [0, 0.1) is 0 Å². The van der Waals surface area contributed by atoms with Gasteiger partial charge in [-0.15, -0.1) is 0 Å². The van der Waals surface area contributed by atoms with Crippen LogP contribution in [0.2, 0.25) is 0 Å². The first-order chi connectivity index (χ1) is 16.7. The number of phenols is 2. The minimum atomic E-state index is -0.786. The summed E-state index contributed by atoms with van der Waals surface area (Å²) in [6.45, 7) is 17.2. The SMILES string of the molecule is CCOc1cc(C(C)(C)c2cc(OCC)c(O)c(OCC)c2OCC)c(OCC)c(OCC)c1O. The smallest absolute Gasteiger partial charge is 0.207 e. The van der Waals surface area contributed by atoms with Crippen molar-refractivity contribution in [1.82, 2.24) is 0 Å². The number of aromatic hydroxyl groups is 2. The molecule has 0 unspecified atom stereocenters. The van der Waals surface area contributed by atoms with Crippen molar-refractivity contribution in [3.05, 3.63) is 23.3 Å².